The van der Waals surface area contributed by atoms with Crippen LogP contribution in [0.2, 0.25) is 45.3 Å². The van der Waals surface area contributed by atoms with Gasteiger partial charge >= 0.3 is 5.97 Å². The predicted octanol–water partition coefficient (Wildman–Crippen LogP) is 3.29. The zero-order valence-electron chi connectivity index (χ0n) is 20.9. The molecule has 5 atom stereocenters. The van der Waals surface area contributed by atoms with Gasteiger partial charge in [0.1, 0.15) is 26.6 Å². The molecule has 1 fully saturated rings. The highest BCUT2D eigenvalue weighted by Gasteiger charge is 2.59. The number of aliphatic hydroxyl groups excluding tert-OH is 1. The van der Waals surface area contributed by atoms with Gasteiger partial charge in [-0.2, -0.15) is 0 Å². The van der Waals surface area contributed by atoms with Gasteiger partial charge in [0.25, 0.3) is 0 Å². The Morgan fingerprint density at radius 3 is 2.47 bits per heavy atom. The third-order valence-electron chi connectivity index (χ3n) is 6.14. The van der Waals surface area contributed by atoms with E-state index >= 15 is 0 Å². The average Bonchev–Trinajstić information content (AvgIpc) is 3.17. The number of carbonyl (C=O) groups is 1. The van der Waals surface area contributed by atoms with Crippen LogP contribution in [0, 0.1) is 11.8 Å². The Morgan fingerprint density at radius 2 is 1.91 bits per heavy atom. The summed E-state index contributed by atoms with van der Waals surface area (Å²) in [5.74, 6) is -1.65. The number of hydrogen-bond donors (Lipinski definition) is 2. The van der Waals surface area contributed by atoms with Crippen LogP contribution in [-0.2, 0) is 24.6 Å². The molecule has 7 nitrogen and oxygen atoms in total. The van der Waals surface area contributed by atoms with Crippen molar-refractivity contribution in [2.24, 2.45) is 11.8 Å². The molecule has 32 heavy (non-hydrogen) atoms. The molecule has 0 amide bonds. The molecule has 0 aromatic carbocycles. The van der Waals surface area contributed by atoms with Crippen LogP contribution in [0.5, 0.6) is 0 Å². The third-order valence-corrected chi connectivity index (χ3v) is 9.60. The number of carbonyl (C=O) groups excluding carboxylic acids is 1. The van der Waals surface area contributed by atoms with Crippen LogP contribution in [0.4, 0.5) is 0 Å². The van der Waals surface area contributed by atoms with E-state index in [2.05, 4.69) is 39.3 Å². The minimum absolute atomic E-state index is 0.0725. The summed E-state index contributed by atoms with van der Waals surface area (Å²) >= 11 is 0. The van der Waals surface area contributed by atoms with E-state index in [4.69, 9.17) is 18.6 Å². The Bertz CT molecular complexity index is 752. The number of rotatable bonds is 10. The summed E-state index contributed by atoms with van der Waals surface area (Å²) < 4.78 is 22.9. The monoisotopic (exact) mass is 486 g/mol. The Morgan fingerprint density at radius 1 is 1.25 bits per heavy atom. The number of furan rings is 1. The van der Waals surface area contributed by atoms with E-state index in [0.29, 0.717) is 17.6 Å². The molecule has 0 radical (unpaired) electrons. The van der Waals surface area contributed by atoms with E-state index < -0.39 is 45.8 Å². The van der Waals surface area contributed by atoms with E-state index in [9.17, 15) is 15.0 Å². The maximum absolute atomic E-state index is 13.0. The maximum Gasteiger partial charge on any atom is 0.312 e. The van der Waals surface area contributed by atoms with E-state index in [0.717, 1.165) is 6.04 Å². The van der Waals surface area contributed by atoms with E-state index in [1.165, 1.54) is 6.26 Å². The van der Waals surface area contributed by atoms with E-state index in [-0.39, 0.29) is 25.7 Å². The molecule has 0 bridgehead atoms. The molecular weight excluding hydrogens is 444 g/mol. The minimum Gasteiger partial charge on any atom is -0.474 e. The second-order valence-electron chi connectivity index (χ2n) is 11.2. The molecule has 2 rings (SSSR count). The predicted molar refractivity (Wildman–Crippen MR) is 129 cm³/mol. The highest BCUT2D eigenvalue weighted by atomic mass is 28.3. The van der Waals surface area contributed by atoms with Crippen LogP contribution in [0.1, 0.15) is 25.8 Å². The first kappa shape index (κ1) is 27.3. The van der Waals surface area contributed by atoms with Crippen molar-refractivity contribution in [1.82, 2.24) is 0 Å². The molecule has 2 N–H and O–H groups in total. The summed E-state index contributed by atoms with van der Waals surface area (Å²) in [4.78, 5) is 13.0. The van der Waals surface area contributed by atoms with Crippen LogP contribution < -0.4 is 5.38 Å². The molecule has 1 saturated carbocycles. The van der Waals surface area contributed by atoms with Crippen molar-refractivity contribution in [2.75, 3.05) is 20.0 Å². The Kier molecular flexibility index (Phi) is 8.97. The summed E-state index contributed by atoms with van der Waals surface area (Å²) in [6.07, 6.45) is -0.214. The van der Waals surface area contributed by atoms with Crippen molar-refractivity contribution in [3.63, 3.8) is 0 Å². The fourth-order valence-electron chi connectivity index (χ4n) is 4.30. The summed E-state index contributed by atoms with van der Waals surface area (Å²) in [5, 5.41) is 24.0. The molecular formula is C23H42O7Si2. The SMILES string of the molecule is CCOC(=O)[C@@H]1C[C@H](C)[C@@H](O)[C@@H](OCOCC[Si](C)(C)C)[C@@]1(O)c1ccoc1[Si](C)(C)C. The zero-order valence-corrected chi connectivity index (χ0v) is 22.9. The zero-order chi connectivity index (χ0) is 24.3. The fourth-order valence-corrected chi connectivity index (χ4v) is 6.57. The molecule has 0 spiro atoms. The lowest BCUT2D eigenvalue weighted by molar-refractivity contribution is -0.248. The minimum atomic E-state index is -2.02. The topological polar surface area (TPSA) is 98.4 Å². The van der Waals surface area contributed by atoms with Crippen molar-refractivity contribution in [3.05, 3.63) is 17.9 Å². The average molecular weight is 487 g/mol. The molecule has 1 aromatic heterocycles. The third kappa shape index (κ3) is 6.12. The Balaban J connectivity index is 2.42. The summed E-state index contributed by atoms with van der Waals surface area (Å²) in [6, 6.07) is 2.68. The van der Waals surface area contributed by atoms with Gasteiger partial charge in [-0.3, -0.25) is 4.79 Å². The second kappa shape index (κ2) is 10.5. The van der Waals surface area contributed by atoms with Crippen molar-refractivity contribution in [1.29, 1.82) is 0 Å². The summed E-state index contributed by atoms with van der Waals surface area (Å²) in [5.41, 5.74) is -1.28. The van der Waals surface area contributed by atoms with Gasteiger partial charge < -0.3 is 28.8 Å². The van der Waals surface area contributed by atoms with Crippen molar-refractivity contribution >= 4 is 27.5 Å². The number of ether oxygens (including phenoxy) is 3. The molecule has 1 heterocycles. The molecule has 1 aromatic rings. The van der Waals surface area contributed by atoms with Gasteiger partial charge in [0.05, 0.1) is 30.3 Å². The quantitative estimate of drug-likeness (QED) is 0.227. The van der Waals surface area contributed by atoms with Gasteiger partial charge in [-0.25, -0.2) is 0 Å². The van der Waals surface area contributed by atoms with Gasteiger partial charge in [0, 0.05) is 20.2 Å². The first-order valence-corrected chi connectivity index (χ1v) is 18.8. The molecule has 1 aliphatic rings. The van der Waals surface area contributed by atoms with Crippen LogP contribution >= 0.6 is 0 Å². The number of aliphatic hydroxyl groups is 2. The first-order valence-electron chi connectivity index (χ1n) is 11.6. The fraction of sp³-hybridized carbons (Fsp3) is 0.783. The molecule has 9 heteroatoms. The summed E-state index contributed by atoms with van der Waals surface area (Å²) in [7, 11) is -3.27. The van der Waals surface area contributed by atoms with E-state index in [1.807, 2.05) is 6.92 Å². The van der Waals surface area contributed by atoms with E-state index in [1.54, 1.807) is 13.0 Å². The largest absolute Gasteiger partial charge is 0.474 e. The highest BCUT2D eigenvalue weighted by Crippen LogP contribution is 2.46. The first-order chi connectivity index (χ1) is 14.7. The Labute approximate surface area is 194 Å². The maximum atomic E-state index is 13.0. The number of esters is 1. The van der Waals surface area contributed by atoms with Crippen molar-refractivity contribution < 1.29 is 33.6 Å². The normalized spacial score (nSPS) is 29.2. The van der Waals surface area contributed by atoms with Crippen LogP contribution in [-0.4, -0.2) is 64.5 Å². The molecule has 184 valence electrons. The lowest BCUT2D eigenvalue weighted by Gasteiger charge is -2.49. The summed E-state index contributed by atoms with van der Waals surface area (Å²) in [6.45, 7) is 17.4. The van der Waals surface area contributed by atoms with Gasteiger partial charge in [0.2, 0.25) is 0 Å². The molecule has 0 saturated heterocycles. The van der Waals surface area contributed by atoms with Crippen LogP contribution in [0.15, 0.2) is 16.7 Å². The molecule has 0 aliphatic heterocycles. The van der Waals surface area contributed by atoms with Gasteiger partial charge in [0.15, 0.2) is 0 Å². The van der Waals surface area contributed by atoms with Gasteiger partial charge in [-0.15, -0.1) is 0 Å². The molecule has 0 unspecified atom stereocenters. The second-order valence-corrected chi connectivity index (χ2v) is 21.7. The smallest absolute Gasteiger partial charge is 0.312 e. The van der Waals surface area contributed by atoms with Crippen LogP contribution in [0.3, 0.4) is 0 Å². The van der Waals surface area contributed by atoms with Gasteiger partial charge in [-0.05, 0) is 31.4 Å². The van der Waals surface area contributed by atoms with Crippen molar-refractivity contribution in [3.8, 4) is 0 Å². The van der Waals surface area contributed by atoms with Crippen molar-refractivity contribution in [2.45, 2.75) is 83.4 Å². The standard InChI is InChI=1S/C23H42O7Si2/c1-9-28-21(25)18-14-16(2)19(24)20(30-15-27-12-13-31(3,4)5)23(18,26)17-10-11-29-22(17)32(6,7)8/h10-11,16,18-20,24,26H,9,12-15H2,1-8H3/t16-,18-,19+,20+,23+/m0/s1. The molecule has 1 aliphatic carbocycles. The van der Waals surface area contributed by atoms with Gasteiger partial charge in [-0.1, -0.05) is 46.2 Å². The lowest BCUT2D eigenvalue weighted by Crippen LogP contribution is -2.63. The van der Waals surface area contributed by atoms with Crippen LogP contribution in [0.25, 0.3) is 0 Å². The highest BCUT2D eigenvalue weighted by molar-refractivity contribution is 6.88. The number of hydrogen-bond acceptors (Lipinski definition) is 7. The lowest BCUT2D eigenvalue weighted by atomic mass is 9.65. The Hall–Kier alpha value is -0.976.